The highest BCUT2D eigenvalue weighted by molar-refractivity contribution is 6.27. The Morgan fingerprint density at radius 1 is 0.889 bits per heavy atom. The summed E-state index contributed by atoms with van der Waals surface area (Å²) in [6.07, 6.45) is 0. The number of hydrogen-bond donors (Lipinski definition) is 2. The molecule has 1 aliphatic carbocycles. The molecule has 0 atom stereocenters. The molecule has 0 saturated carbocycles. The van der Waals surface area contributed by atoms with Gasteiger partial charge in [0.1, 0.15) is 17.1 Å². The number of ketones is 1. The van der Waals surface area contributed by atoms with Gasteiger partial charge in [0.15, 0.2) is 11.4 Å². The number of carbonyl (C=O) groups excluding carboxylic acids is 1. The first-order valence-electron chi connectivity index (χ1n) is 5.44. The van der Waals surface area contributed by atoms with Crippen LogP contribution >= 0.6 is 0 Å². The van der Waals surface area contributed by atoms with E-state index in [4.69, 9.17) is 0 Å². The second-order valence-electron chi connectivity index (χ2n) is 5.00. The highest BCUT2D eigenvalue weighted by atomic mass is 16.1. The van der Waals surface area contributed by atoms with Crippen LogP contribution in [0.1, 0.15) is 48.3 Å². The normalized spacial score (nSPS) is 14.4. The van der Waals surface area contributed by atoms with Crippen LogP contribution < -0.4 is 0 Å². The minimum atomic E-state index is -0.317. The standard InChI is InChI=1S/C10H11N7O/c1-10(2,3)11-4-5-7(14-16-12-5)9(18)8-6(4)13-17-15-8/h1-3H3,(H,12,14,16)(H,13,15,17). The van der Waals surface area contributed by atoms with Crippen LogP contribution in [0.25, 0.3) is 0 Å². The van der Waals surface area contributed by atoms with Crippen molar-refractivity contribution in [2.45, 2.75) is 26.3 Å². The molecular weight excluding hydrogens is 234 g/mol. The van der Waals surface area contributed by atoms with Gasteiger partial charge in [0.05, 0.1) is 5.54 Å². The van der Waals surface area contributed by atoms with Crippen molar-refractivity contribution in [3.05, 3.63) is 22.8 Å². The lowest BCUT2D eigenvalue weighted by atomic mass is 9.97. The van der Waals surface area contributed by atoms with Crippen LogP contribution in [0.5, 0.6) is 0 Å². The van der Waals surface area contributed by atoms with E-state index in [1.54, 1.807) is 0 Å². The third-order valence-corrected chi connectivity index (χ3v) is 2.42. The average molecular weight is 245 g/mol. The molecule has 8 heteroatoms. The van der Waals surface area contributed by atoms with Gasteiger partial charge in [-0.1, -0.05) is 0 Å². The predicted molar refractivity (Wildman–Crippen MR) is 61.6 cm³/mol. The van der Waals surface area contributed by atoms with E-state index in [2.05, 4.69) is 35.8 Å². The Morgan fingerprint density at radius 3 is 1.78 bits per heavy atom. The zero-order valence-electron chi connectivity index (χ0n) is 10.1. The summed E-state index contributed by atoms with van der Waals surface area (Å²) in [5, 5.41) is 20.5. The summed E-state index contributed by atoms with van der Waals surface area (Å²) in [5.74, 6) is -0.296. The Morgan fingerprint density at radius 2 is 1.33 bits per heavy atom. The molecular formula is C10H11N7O. The van der Waals surface area contributed by atoms with Crippen LogP contribution in [-0.2, 0) is 0 Å². The van der Waals surface area contributed by atoms with Crippen LogP contribution in [0.4, 0.5) is 0 Å². The lowest BCUT2D eigenvalue weighted by Crippen LogP contribution is -2.25. The molecule has 2 N–H and O–H groups in total. The van der Waals surface area contributed by atoms with Gasteiger partial charge in [-0.05, 0) is 20.8 Å². The smallest absolute Gasteiger partial charge is 0.238 e. The molecule has 3 rings (SSSR count). The molecule has 0 saturated heterocycles. The fourth-order valence-corrected chi connectivity index (χ4v) is 1.77. The van der Waals surface area contributed by atoms with Gasteiger partial charge in [0, 0.05) is 0 Å². The summed E-state index contributed by atoms with van der Waals surface area (Å²) in [4.78, 5) is 16.6. The van der Waals surface area contributed by atoms with Crippen molar-refractivity contribution in [1.82, 2.24) is 30.8 Å². The van der Waals surface area contributed by atoms with Gasteiger partial charge in [-0.25, -0.2) is 0 Å². The first-order chi connectivity index (χ1) is 8.47. The molecule has 1 aliphatic rings. The Kier molecular flexibility index (Phi) is 1.98. The first kappa shape index (κ1) is 10.8. The molecule has 0 amide bonds. The molecule has 0 fully saturated rings. The number of aromatic amines is 2. The molecule has 2 heterocycles. The first-order valence-corrected chi connectivity index (χ1v) is 5.44. The molecule has 0 aliphatic heterocycles. The number of H-pyrrole nitrogens is 2. The van der Waals surface area contributed by atoms with Crippen molar-refractivity contribution in [1.29, 1.82) is 0 Å². The second kappa shape index (κ2) is 3.31. The van der Waals surface area contributed by atoms with Crippen LogP contribution in [0.2, 0.25) is 0 Å². The summed E-state index contributed by atoms with van der Waals surface area (Å²) in [5.41, 5.74) is 1.54. The summed E-state index contributed by atoms with van der Waals surface area (Å²) in [7, 11) is 0. The van der Waals surface area contributed by atoms with E-state index in [-0.39, 0.29) is 22.7 Å². The van der Waals surface area contributed by atoms with Crippen molar-refractivity contribution in [3.8, 4) is 0 Å². The van der Waals surface area contributed by atoms with E-state index in [9.17, 15) is 4.79 Å². The quantitative estimate of drug-likeness (QED) is 0.583. The van der Waals surface area contributed by atoms with E-state index in [0.717, 1.165) is 0 Å². The van der Waals surface area contributed by atoms with Crippen LogP contribution in [-0.4, -0.2) is 47.9 Å². The van der Waals surface area contributed by atoms with Crippen molar-refractivity contribution < 1.29 is 4.79 Å². The zero-order valence-corrected chi connectivity index (χ0v) is 10.1. The number of rotatable bonds is 0. The lowest BCUT2D eigenvalue weighted by molar-refractivity contribution is 0.102. The lowest BCUT2D eigenvalue weighted by Gasteiger charge is -2.16. The van der Waals surface area contributed by atoms with E-state index >= 15 is 0 Å². The summed E-state index contributed by atoms with van der Waals surface area (Å²) < 4.78 is 0. The Bertz CT molecular complexity index is 612. The number of hydrogen-bond acceptors (Lipinski definition) is 6. The summed E-state index contributed by atoms with van der Waals surface area (Å²) in [6.45, 7) is 5.86. The predicted octanol–water partition coefficient (Wildman–Crippen LogP) is 0.103. The number of nitrogens with zero attached hydrogens (tertiary/aromatic N) is 5. The number of fused-ring (bicyclic) bond motifs is 2. The zero-order chi connectivity index (χ0) is 12.9. The second-order valence-corrected chi connectivity index (χ2v) is 5.00. The van der Waals surface area contributed by atoms with Crippen LogP contribution in [0.3, 0.4) is 0 Å². The van der Waals surface area contributed by atoms with Gasteiger partial charge in [-0.3, -0.25) is 9.79 Å². The Balaban J connectivity index is 2.29. The number of nitrogens with one attached hydrogen (secondary N) is 2. The highest BCUT2D eigenvalue weighted by Crippen LogP contribution is 2.23. The third kappa shape index (κ3) is 1.45. The minimum absolute atomic E-state index is 0.236. The van der Waals surface area contributed by atoms with E-state index in [0.29, 0.717) is 17.1 Å². The Hall–Kier alpha value is -2.38. The van der Waals surface area contributed by atoms with Gasteiger partial charge in [-0.15, -0.1) is 0 Å². The molecule has 18 heavy (non-hydrogen) atoms. The maximum atomic E-state index is 12.0. The largest absolute Gasteiger partial charge is 0.285 e. The van der Waals surface area contributed by atoms with E-state index < -0.39 is 0 Å². The topological polar surface area (TPSA) is 113 Å². The highest BCUT2D eigenvalue weighted by Gasteiger charge is 2.36. The molecule has 92 valence electrons. The van der Waals surface area contributed by atoms with Crippen molar-refractivity contribution in [2.75, 3.05) is 0 Å². The maximum absolute atomic E-state index is 12.0. The molecule has 0 bridgehead atoms. The van der Waals surface area contributed by atoms with Crippen molar-refractivity contribution in [2.24, 2.45) is 4.99 Å². The molecule has 0 aromatic carbocycles. The monoisotopic (exact) mass is 245 g/mol. The maximum Gasteiger partial charge on any atom is 0.238 e. The van der Waals surface area contributed by atoms with Crippen molar-refractivity contribution in [3.63, 3.8) is 0 Å². The molecule has 0 unspecified atom stereocenters. The molecule has 8 nitrogen and oxygen atoms in total. The van der Waals surface area contributed by atoms with Gasteiger partial charge in [0.2, 0.25) is 5.78 Å². The van der Waals surface area contributed by atoms with E-state index in [1.807, 2.05) is 20.8 Å². The SMILES string of the molecule is CC(C)(C)N=C1c2n[nH]nc2C(=O)c2n[nH]nc21. The van der Waals surface area contributed by atoms with Crippen LogP contribution in [0, 0.1) is 0 Å². The summed E-state index contributed by atoms with van der Waals surface area (Å²) in [6, 6.07) is 0. The fourth-order valence-electron chi connectivity index (χ4n) is 1.77. The van der Waals surface area contributed by atoms with Crippen molar-refractivity contribution >= 4 is 11.5 Å². The van der Waals surface area contributed by atoms with Crippen LogP contribution in [0.15, 0.2) is 4.99 Å². The molecule has 0 radical (unpaired) electrons. The third-order valence-electron chi connectivity index (χ3n) is 2.42. The fraction of sp³-hybridized carbons (Fsp3) is 0.400. The van der Waals surface area contributed by atoms with E-state index in [1.165, 1.54) is 0 Å². The molecule has 0 spiro atoms. The number of aromatic nitrogens is 6. The molecule has 2 aromatic rings. The van der Waals surface area contributed by atoms with Gasteiger partial charge in [-0.2, -0.15) is 30.8 Å². The molecule has 2 aromatic heterocycles. The number of carbonyl (C=O) groups is 1. The van der Waals surface area contributed by atoms with Gasteiger partial charge in [0.25, 0.3) is 0 Å². The number of aliphatic imine (C=N–C) groups is 1. The van der Waals surface area contributed by atoms with Gasteiger partial charge < -0.3 is 0 Å². The van der Waals surface area contributed by atoms with Gasteiger partial charge >= 0.3 is 0 Å². The average Bonchev–Trinajstić information content (AvgIpc) is 2.91. The minimum Gasteiger partial charge on any atom is -0.285 e. The Labute approximate surface area is 102 Å². The summed E-state index contributed by atoms with van der Waals surface area (Å²) >= 11 is 0.